The zero-order chi connectivity index (χ0) is 20.1. The van der Waals surface area contributed by atoms with E-state index in [4.69, 9.17) is 0 Å². The highest BCUT2D eigenvalue weighted by Crippen LogP contribution is 2.23. The number of nitrogens with zero attached hydrogens (tertiary/aromatic N) is 1. The molecule has 0 radical (unpaired) electrons. The van der Waals surface area contributed by atoms with Gasteiger partial charge in [-0.3, -0.25) is 14.5 Å². The van der Waals surface area contributed by atoms with E-state index in [-0.39, 0.29) is 16.4 Å². The third kappa shape index (κ3) is 4.55. The summed E-state index contributed by atoms with van der Waals surface area (Å²) in [5, 5.41) is 2.77. The van der Waals surface area contributed by atoms with Crippen molar-refractivity contribution in [3.63, 3.8) is 0 Å². The molecule has 0 saturated heterocycles. The van der Waals surface area contributed by atoms with E-state index in [2.05, 4.69) is 15.0 Å². The lowest BCUT2D eigenvalue weighted by Gasteiger charge is -2.14. The SMILES string of the molecule is Cc1cccc(C)c1NS(=O)(=O)c1cccc(C(=O)NCc2cccnc2)c1. The summed E-state index contributed by atoms with van der Waals surface area (Å²) in [6.07, 6.45) is 3.32. The van der Waals surface area contributed by atoms with Crippen molar-refractivity contribution in [3.8, 4) is 0 Å². The molecule has 0 fully saturated rings. The van der Waals surface area contributed by atoms with Gasteiger partial charge in [0.1, 0.15) is 0 Å². The first-order chi connectivity index (χ1) is 13.4. The smallest absolute Gasteiger partial charge is 0.261 e. The number of amides is 1. The highest BCUT2D eigenvalue weighted by molar-refractivity contribution is 7.92. The number of benzene rings is 2. The number of nitrogens with one attached hydrogen (secondary N) is 2. The first-order valence-electron chi connectivity index (χ1n) is 8.73. The number of carbonyl (C=O) groups is 1. The molecule has 1 heterocycles. The van der Waals surface area contributed by atoms with Crippen molar-refractivity contribution in [2.24, 2.45) is 0 Å². The van der Waals surface area contributed by atoms with Gasteiger partial charge in [0.15, 0.2) is 0 Å². The van der Waals surface area contributed by atoms with Crippen molar-refractivity contribution in [2.45, 2.75) is 25.3 Å². The summed E-state index contributed by atoms with van der Waals surface area (Å²) >= 11 is 0. The molecule has 0 aliphatic rings. The van der Waals surface area contributed by atoms with Crippen molar-refractivity contribution >= 4 is 21.6 Å². The summed E-state index contributed by atoms with van der Waals surface area (Å²) in [6, 6.07) is 15.2. The van der Waals surface area contributed by atoms with Crippen LogP contribution in [0, 0.1) is 13.8 Å². The van der Waals surface area contributed by atoms with Gasteiger partial charge in [0, 0.05) is 24.5 Å². The minimum atomic E-state index is -3.82. The second-order valence-electron chi connectivity index (χ2n) is 6.44. The molecular formula is C21H21N3O3S. The average molecular weight is 395 g/mol. The zero-order valence-electron chi connectivity index (χ0n) is 15.6. The molecule has 144 valence electrons. The maximum Gasteiger partial charge on any atom is 0.261 e. The van der Waals surface area contributed by atoms with Crippen molar-refractivity contribution in [1.82, 2.24) is 10.3 Å². The fourth-order valence-electron chi connectivity index (χ4n) is 2.76. The number of pyridine rings is 1. The molecule has 7 heteroatoms. The minimum Gasteiger partial charge on any atom is -0.348 e. The first-order valence-corrected chi connectivity index (χ1v) is 10.2. The molecule has 3 aromatic rings. The van der Waals surface area contributed by atoms with Crippen LogP contribution in [0.15, 0.2) is 71.9 Å². The Bertz CT molecular complexity index is 1080. The largest absolute Gasteiger partial charge is 0.348 e. The molecule has 0 spiro atoms. The predicted molar refractivity (Wildman–Crippen MR) is 109 cm³/mol. The van der Waals surface area contributed by atoms with Crippen LogP contribution in [0.25, 0.3) is 0 Å². The molecule has 28 heavy (non-hydrogen) atoms. The standard InChI is InChI=1S/C21H21N3O3S/c1-15-6-3-7-16(2)20(15)24-28(26,27)19-10-4-9-18(12-19)21(25)23-14-17-8-5-11-22-13-17/h3-13,24H,14H2,1-2H3,(H,23,25). The summed E-state index contributed by atoms with van der Waals surface area (Å²) in [5.74, 6) is -0.354. The van der Waals surface area contributed by atoms with Crippen LogP contribution in [0.2, 0.25) is 0 Å². The maximum atomic E-state index is 12.8. The van der Waals surface area contributed by atoms with Gasteiger partial charge in [-0.1, -0.05) is 30.3 Å². The van der Waals surface area contributed by atoms with Gasteiger partial charge in [0.2, 0.25) is 0 Å². The van der Waals surface area contributed by atoms with Crippen molar-refractivity contribution < 1.29 is 13.2 Å². The van der Waals surface area contributed by atoms with Crippen LogP contribution in [0.5, 0.6) is 0 Å². The van der Waals surface area contributed by atoms with Crippen LogP contribution < -0.4 is 10.0 Å². The van der Waals surface area contributed by atoms with E-state index >= 15 is 0 Å². The van der Waals surface area contributed by atoms with Gasteiger partial charge < -0.3 is 5.32 Å². The summed E-state index contributed by atoms with van der Waals surface area (Å²) in [7, 11) is -3.82. The Morgan fingerprint density at radius 3 is 2.39 bits per heavy atom. The first kappa shape index (κ1) is 19.6. The third-order valence-electron chi connectivity index (χ3n) is 4.30. The maximum absolute atomic E-state index is 12.8. The molecular weight excluding hydrogens is 374 g/mol. The number of carbonyl (C=O) groups excluding carboxylic acids is 1. The van der Waals surface area contributed by atoms with E-state index in [1.54, 1.807) is 30.6 Å². The van der Waals surface area contributed by atoms with Gasteiger partial charge in [-0.15, -0.1) is 0 Å². The second kappa shape index (κ2) is 8.22. The van der Waals surface area contributed by atoms with Crippen LogP contribution in [-0.2, 0) is 16.6 Å². The number of sulfonamides is 1. The van der Waals surface area contributed by atoms with Gasteiger partial charge in [-0.05, 0) is 54.8 Å². The van der Waals surface area contributed by atoms with Crippen LogP contribution >= 0.6 is 0 Å². The Balaban J connectivity index is 1.79. The molecule has 2 aromatic carbocycles. The number of hydrogen-bond donors (Lipinski definition) is 2. The summed E-state index contributed by atoms with van der Waals surface area (Å²) < 4.78 is 28.2. The van der Waals surface area contributed by atoms with Gasteiger partial charge >= 0.3 is 0 Å². The van der Waals surface area contributed by atoms with Crippen LogP contribution in [0.1, 0.15) is 27.0 Å². The van der Waals surface area contributed by atoms with E-state index in [9.17, 15) is 13.2 Å². The Kier molecular flexibility index (Phi) is 5.75. The van der Waals surface area contributed by atoms with E-state index in [0.29, 0.717) is 12.2 Å². The summed E-state index contributed by atoms with van der Waals surface area (Å²) in [4.78, 5) is 16.4. The molecule has 3 rings (SSSR count). The van der Waals surface area contributed by atoms with Gasteiger partial charge in [0.25, 0.3) is 15.9 Å². The van der Waals surface area contributed by atoms with E-state index in [0.717, 1.165) is 16.7 Å². The third-order valence-corrected chi connectivity index (χ3v) is 5.65. The van der Waals surface area contributed by atoms with Crippen LogP contribution in [0.4, 0.5) is 5.69 Å². The van der Waals surface area contributed by atoms with Crippen LogP contribution in [-0.4, -0.2) is 19.3 Å². The highest BCUT2D eigenvalue weighted by atomic mass is 32.2. The molecule has 6 nitrogen and oxygen atoms in total. The van der Waals surface area contributed by atoms with Gasteiger partial charge in [-0.2, -0.15) is 0 Å². The molecule has 0 atom stereocenters. The fraction of sp³-hybridized carbons (Fsp3) is 0.143. The monoisotopic (exact) mass is 395 g/mol. The predicted octanol–water partition coefficient (Wildman–Crippen LogP) is 3.43. The quantitative estimate of drug-likeness (QED) is 0.669. The molecule has 0 saturated carbocycles. The van der Waals surface area contributed by atoms with Crippen molar-refractivity contribution in [1.29, 1.82) is 0 Å². The van der Waals surface area contributed by atoms with Crippen LogP contribution in [0.3, 0.4) is 0 Å². The number of aromatic nitrogens is 1. The normalized spacial score (nSPS) is 11.1. The Morgan fingerprint density at radius 1 is 1.00 bits per heavy atom. The molecule has 0 aliphatic heterocycles. The van der Waals surface area contributed by atoms with Crippen molar-refractivity contribution in [3.05, 3.63) is 89.2 Å². The lowest BCUT2D eigenvalue weighted by molar-refractivity contribution is 0.0950. The molecule has 0 bridgehead atoms. The van der Waals surface area contributed by atoms with E-state index < -0.39 is 10.0 Å². The second-order valence-corrected chi connectivity index (χ2v) is 8.13. The molecule has 1 amide bonds. The van der Waals surface area contributed by atoms with Gasteiger partial charge in [0.05, 0.1) is 10.6 Å². The summed E-state index contributed by atoms with van der Waals surface area (Å²) in [5.41, 5.74) is 3.33. The van der Waals surface area contributed by atoms with Crippen molar-refractivity contribution in [2.75, 3.05) is 4.72 Å². The number of aryl methyl sites for hydroxylation is 2. The molecule has 2 N–H and O–H groups in total. The lowest BCUT2D eigenvalue weighted by atomic mass is 10.1. The Labute approximate surface area is 164 Å². The fourth-order valence-corrected chi connectivity index (χ4v) is 4.01. The number of hydrogen-bond acceptors (Lipinski definition) is 4. The van der Waals surface area contributed by atoms with Gasteiger partial charge in [-0.25, -0.2) is 8.42 Å². The minimum absolute atomic E-state index is 0.0316. The topological polar surface area (TPSA) is 88.2 Å². The number of anilines is 1. The number of para-hydroxylation sites is 1. The highest BCUT2D eigenvalue weighted by Gasteiger charge is 2.18. The lowest BCUT2D eigenvalue weighted by Crippen LogP contribution is -2.23. The average Bonchev–Trinajstić information content (AvgIpc) is 2.70. The molecule has 0 unspecified atom stereocenters. The zero-order valence-corrected chi connectivity index (χ0v) is 16.5. The molecule has 0 aliphatic carbocycles. The number of rotatable bonds is 6. The Hall–Kier alpha value is -3.19. The van der Waals surface area contributed by atoms with E-state index in [1.807, 2.05) is 38.1 Å². The Morgan fingerprint density at radius 2 is 1.71 bits per heavy atom. The summed E-state index contributed by atoms with van der Waals surface area (Å²) in [6.45, 7) is 3.99. The van der Waals surface area contributed by atoms with E-state index in [1.165, 1.54) is 12.1 Å². The molecule has 1 aromatic heterocycles.